The Labute approximate surface area is 149 Å². The van der Waals surface area contributed by atoms with Gasteiger partial charge in [-0.25, -0.2) is 0 Å². The molecule has 0 spiro atoms. The zero-order valence-electron chi connectivity index (χ0n) is 14.0. The zero-order chi connectivity index (χ0) is 17.1. The molecule has 1 saturated heterocycles. The first-order valence-electron chi connectivity index (χ1n) is 8.67. The van der Waals surface area contributed by atoms with Crippen LogP contribution in [0.1, 0.15) is 23.1 Å². The van der Waals surface area contributed by atoms with Crippen LogP contribution in [0.25, 0.3) is 0 Å². The van der Waals surface area contributed by atoms with Crippen molar-refractivity contribution >= 4 is 0 Å². The van der Waals surface area contributed by atoms with Crippen LogP contribution >= 0.6 is 0 Å². The summed E-state index contributed by atoms with van der Waals surface area (Å²) >= 11 is 0. The Morgan fingerprint density at radius 1 is 0.760 bits per heavy atom. The lowest BCUT2D eigenvalue weighted by Crippen LogP contribution is -2.39. The van der Waals surface area contributed by atoms with Gasteiger partial charge in [-0.1, -0.05) is 91.0 Å². The van der Waals surface area contributed by atoms with Gasteiger partial charge in [0.1, 0.15) is 0 Å². The van der Waals surface area contributed by atoms with Crippen LogP contribution in [0.3, 0.4) is 0 Å². The molecule has 0 radical (unpaired) electrons. The molecule has 0 aliphatic carbocycles. The molecule has 0 N–H and O–H groups in total. The zero-order valence-corrected chi connectivity index (χ0v) is 14.0. The fourth-order valence-electron chi connectivity index (χ4n) is 3.91. The van der Waals surface area contributed by atoms with E-state index in [-0.39, 0.29) is 5.54 Å². The Balaban J connectivity index is 1.98. The van der Waals surface area contributed by atoms with E-state index in [0.717, 1.165) is 6.54 Å². The number of hydrogen-bond donors (Lipinski definition) is 0. The van der Waals surface area contributed by atoms with Gasteiger partial charge in [-0.15, -0.1) is 0 Å². The number of hydrogen-bond acceptors (Lipinski definition) is 2. The average Bonchev–Trinajstić information content (AvgIpc) is 3.45. The van der Waals surface area contributed by atoms with Crippen molar-refractivity contribution in [1.82, 2.24) is 4.90 Å². The summed E-state index contributed by atoms with van der Waals surface area (Å²) in [6.07, 6.45) is 0.564. The molecule has 0 saturated carbocycles. The highest BCUT2D eigenvalue weighted by Gasteiger charge is 2.52. The first-order valence-corrected chi connectivity index (χ1v) is 8.67. The van der Waals surface area contributed by atoms with Gasteiger partial charge in [0.25, 0.3) is 0 Å². The highest BCUT2D eigenvalue weighted by atomic mass is 15.4. The Morgan fingerprint density at radius 3 is 1.52 bits per heavy atom. The lowest BCUT2D eigenvalue weighted by Gasteiger charge is -2.38. The van der Waals surface area contributed by atoms with Gasteiger partial charge < -0.3 is 0 Å². The van der Waals surface area contributed by atoms with Crippen molar-refractivity contribution in [2.45, 2.75) is 18.0 Å². The van der Waals surface area contributed by atoms with Gasteiger partial charge in [-0.2, -0.15) is 5.26 Å². The van der Waals surface area contributed by atoms with Crippen LogP contribution in [0.2, 0.25) is 0 Å². The minimum absolute atomic E-state index is 0.297. The molecule has 2 heteroatoms. The molecular weight excluding hydrogens is 304 g/mol. The van der Waals surface area contributed by atoms with Crippen molar-refractivity contribution in [3.05, 3.63) is 108 Å². The topological polar surface area (TPSA) is 26.8 Å². The summed E-state index contributed by atoms with van der Waals surface area (Å²) in [5.74, 6) is 0. The summed E-state index contributed by atoms with van der Waals surface area (Å²) in [7, 11) is 0. The maximum atomic E-state index is 9.20. The van der Waals surface area contributed by atoms with Gasteiger partial charge >= 0.3 is 0 Å². The van der Waals surface area contributed by atoms with E-state index in [9.17, 15) is 5.26 Å². The average molecular weight is 324 g/mol. The summed E-state index contributed by atoms with van der Waals surface area (Å²) in [4.78, 5) is 2.45. The fraction of sp³-hybridized carbons (Fsp3) is 0.174. The van der Waals surface area contributed by atoms with Gasteiger partial charge in [0.05, 0.1) is 18.0 Å². The molecule has 0 amide bonds. The van der Waals surface area contributed by atoms with Gasteiger partial charge in [-0.05, 0) is 16.7 Å². The monoisotopic (exact) mass is 324 g/mol. The second-order valence-electron chi connectivity index (χ2n) is 6.48. The number of rotatable bonds is 5. The van der Waals surface area contributed by atoms with Crippen molar-refractivity contribution in [3.8, 4) is 6.07 Å². The third-order valence-corrected chi connectivity index (χ3v) is 5.05. The summed E-state index contributed by atoms with van der Waals surface area (Å²) in [6, 6.07) is 34.6. The van der Waals surface area contributed by atoms with Crippen LogP contribution in [0.15, 0.2) is 91.0 Å². The van der Waals surface area contributed by atoms with E-state index >= 15 is 0 Å². The van der Waals surface area contributed by atoms with Crippen molar-refractivity contribution in [3.63, 3.8) is 0 Å². The van der Waals surface area contributed by atoms with Crippen molar-refractivity contribution in [2.75, 3.05) is 6.54 Å². The molecule has 0 bridgehead atoms. The molecule has 1 heterocycles. The molecule has 25 heavy (non-hydrogen) atoms. The Bertz CT molecular complexity index is 770. The fourth-order valence-corrected chi connectivity index (χ4v) is 3.91. The largest absolute Gasteiger partial charge is 0.279 e. The van der Waals surface area contributed by atoms with E-state index in [2.05, 4.69) is 102 Å². The van der Waals surface area contributed by atoms with Crippen LogP contribution in [0, 0.1) is 11.3 Å². The lowest BCUT2D eigenvalue weighted by atomic mass is 9.76. The highest BCUT2D eigenvalue weighted by molar-refractivity contribution is 5.51. The first kappa shape index (κ1) is 15.6. The van der Waals surface area contributed by atoms with Crippen molar-refractivity contribution in [2.24, 2.45) is 0 Å². The van der Waals surface area contributed by atoms with E-state index < -0.39 is 0 Å². The highest BCUT2D eigenvalue weighted by Crippen LogP contribution is 2.48. The normalized spacial score (nSPS) is 19.2. The minimum Gasteiger partial charge on any atom is -0.279 e. The van der Waals surface area contributed by atoms with E-state index in [1.807, 2.05) is 0 Å². The van der Waals surface area contributed by atoms with Crippen LogP contribution < -0.4 is 0 Å². The molecule has 3 aromatic rings. The molecule has 4 rings (SSSR count). The Kier molecular flexibility index (Phi) is 4.09. The summed E-state index contributed by atoms with van der Waals surface area (Å²) in [5, 5.41) is 9.20. The quantitative estimate of drug-likeness (QED) is 0.507. The number of nitriles is 1. The van der Waals surface area contributed by atoms with E-state index in [0.29, 0.717) is 12.5 Å². The van der Waals surface area contributed by atoms with E-state index in [1.54, 1.807) is 0 Å². The maximum Gasteiger partial charge on any atom is 0.0976 e. The summed E-state index contributed by atoms with van der Waals surface area (Å²) in [5.41, 5.74) is 3.37. The molecule has 0 aromatic heterocycles. The number of nitrogens with zero attached hydrogens (tertiary/aromatic N) is 2. The van der Waals surface area contributed by atoms with Gasteiger partial charge in [0.15, 0.2) is 0 Å². The predicted octanol–water partition coefficient (Wildman–Crippen LogP) is 4.58. The van der Waals surface area contributed by atoms with Crippen LogP contribution in [0.5, 0.6) is 0 Å². The maximum absolute atomic E-state index is 9.20. The smallest absolute Gasteiger partial charge is 0.0976 e. The SMILES string of the molecule is N#CCC1CN1C(c1ccccc1)(c1ccccc1)c1ccccc1. The lowest BCUT2D eigenvalue weighted by molar-refractivity contribution is 0.322. The Hall–Kier alpha value is -2.89. The van der Waals surface area contributed by atoms with Crippen molar-refractivity contribution in [1.29, 1.82) is 5.26 Å². The van der Waals surface area contributed by atoms with Gasteiger partial charge in [-0.3, -0.25) is 4.90 Å². The molecule has 1 aliphatic rings. The third-order valence-electron chi connectivity index (χ3n) is 5.05. The molecule has 2 atom stereocenters. The summed E-state index contributed by atoms with van der Waals surface area (Å²) < 4.78 is 0. The van der Waals surface area contributed by atoms with E-state index in [1.165, 1.54) is 16.7 Å². The molecule has 1 fully saturated rings. The molecule has 2 nitrogen and oxygen atoms in total. The second kappa shape index (κ2) is 6.55. The van der Waals surface area contributed by atoms with Gasteiger partial charge in [0.2, 0.25) is 0 Å². The first-order chi connectivity index (χ1) is 12.4. The van der Waals surface area contributed by atoms with Gasteiger partial charge in [0, 0.05) is 12.6 Å². The summed E-state index contributed by atoms with van der Waals surface area (Å²) in [6.45, 7) is 0.937. The minimum atomic E-state index is -0.356. The van der Waals surface area contributed by atoms with Crippen LogP contribution in [-0.2, 0) is 5.54 Å². The van der Waals surface area contributed by atoms with E-state index in [4.69, 9.17) is 0 Å². The standard InChI is InChI=1S/C23H20N2/c24-17-16-22-18-25(22)23(19-10-4-1-5-11-19,20-12-6-2-7-13-20)21-14-8-3-9-15-21/h1-15,22H,16,18H2. The second-order valence-corrected chi connectivity index (χ2v) is 6.48. The molecule has 2 unspecified atom stereocenters. The molecule has 1 aliphatic heterocycles. The van der Waals surface area contributed by atoms with Crippen LogP contribution in [-0.4, -0.2) is 17.5 Å². The Morgan fingerprint density at radius 2 is 1.16 bits per heavy atom. The number of benzene rings is 3. The third kappa shape index (κ3) is 2.63. The molecule has 122 valence electrons. The molecular formula is C23H20N2. The van der Waals surface area contributed by atoms with Crippen LogP contribution in [0.4, 0.5) is 0 Å². The van der Waals surface area contributed by atoms with Crippen molar-refractivity contribution < 1.29 is 0 Å². The molecule has 3 aromatic carbocycles. The predicted molar refractivity (Wildman–Crippen MR) is 99.9 cm³/mol.